The molecule has 1 atom stereocenters. The molecule has 1 fully saturated rings. The molecule has 0 heterocycles. The first-order valence-electron chi connectivity index (χ1n) is 9.65. The topological polar surface area (TPSA) is 26.3 Å². The van der Waals surface area contributed by atoms with Crippen molar-refractivity contribution >= 4 is 5.97 Å². The molecule has 0 aliphatic heterocycles. The summed E-state index contributed by atoms with van der Waals surface area (Å²) in [4.78, 5) is 11.7. The van der Waals surface area contributed by atoms with Crippen LogP contribution in [0.3, 0.4) is 0 Å². The van der Waals surface area contributed by atoms with Crippen LogP contribution in [0.15, 0.2) is 24.3 Å². The van der Waals surface area contributed by atoms with E-state index in [0.29, 0.717) is 5.92 Å². The first-order valence-corrected chi connectivity index (χ1v) is 9.65. The first-order chi connectivity index (χ1) is 12.1. The van der Waals surface area contributed by atoms with Crippen LogP contribution in [-0.4, -0.2) is 19.0 Å². The summed E-state index contributed by atoms with van der Waals surface area (Å²) in [6, 6.07) is 7.15. The largest absolute Gasteiger partial charge is 0.425 e. The van der Waals surface area contributed by atoms with E-state index in [4.69, 9.17) is 0 Å². The van der Waals surface area contributed by atoms with Gasteiger partial charge in [-0.25, -0.2) is 9.18 Å². The highest BCUT2D eigenvalue weighted by atomic mass is 19.2. The zero-order valence-corrected chi connectivity index (χ0v) is 15.2. The molecule has 25 heavy (non-hydrogen) atoms. The number of esters is 1. The highest BCUT2D eigenvalue weighted by Gasteiger charge is 2.22. The van der Waals surface area contributed by atoms with E-state index < -0.39 is 19.0 Å². The van der Waals surface area contributed by atoms with Gasteiger partial charge in [-0.3, -0.25) is 0 Å². The van der Waals surface area contributed by atoms with E-state index >= 15 is 0 Å². The molecule has 0 amide bonds. The Morgan fingerprint density at radius 2 is 1.80 bits per heavy atom. The lowest BCUT2D eigenvalue weighted by Gasteiger charge is -2.29. The lowest BCUT2D eigenvalue weighted by Crippen LogP contribution is -2.16. The van der Waals surface area contributed by atoms with Crippen LogP contribution in [0.2, 0.25) is 0 Å². The molecule has 1 aromatic rings. The summed E-state index contributed by atoms with van der Waals surface area (Å²) in [5.74, 6) is 0.591. The third-order valence-electron chi connectivity index (χ3n) is 5.29. The van der Waals surface area contributed by atoms with Gasteiger partial charge in [0, 0.05) is 0 Å². The fraction of sp³-hybridized carbons (Fsp3) is 0.667. The maximum atomic E-state index is 12.8. The summed E-state index contributed by atoms with van der Waals surface area (Å²) in [5.41, 5.74) is 1.49. The predicted molar refractivity (Wildman–Crippen MR) is 96.2 cm³/mol. The van der Waals surface area contributed by atoms with Crippen molar-refractivity contribution in [3.63, 3.8) is 0 Å². The second-order valence-corrected chi connectivity index (χ2v) is 7.16. The van der Waals surface area contributed by atoms with E-state index in [-0.39, 0.29) is 5.56 Å². The van der Waals surface area contributed by atoms with Crippen molar-refractivity contribution in [2.24, 2.45) is 5.92 Å². The smallest absolute Gasteiger partial charge is 0.340 e. The Bertz CT molecular complexity index is 507. The second kappa shape index (κ2) is 10.5. The lowest BCUT2D eigenvalue weighted by molar-refractivity contribution is -0.0254. The monoisotopic (exact) mass is 352 g/mol. The van der Waals surface area contributed by atoms with Gasteiger partial charge < -0.3 is 4.74 Å². The van der Waals surface area contributed by atoms with Gasteiger partial charge >= 0.3 is 5.97 Å². The maximum Gasteiger partial charge on any atom is 0.340 e. The molecule has 0 aromatic heterocycles. The van der Waals surface area contributed by atoms with Gasteiger partial charge in [0.25, 0.3) is 6.36 Å². The van der Waals surface area contributed by atoms with Crippen LogP contribution in [-0.2, 0) is 4.74 Å². The summed E-state index contributed by atoms with van der Waals surface area (Å²) in [5, 5.41) is 0. The molecule has 4 heteroatoms. The van der Waals surface area contributed by atoms with Gasteiger partial charge in [0.05, 0.1) is 5.56 Å². The van der Waals surface area contributed by atoms with E-state index in [1.54, 1.807) is 12.1 Å². The lowest BCUT2D eigenvalue weighted by atomic mass is 9.77. The van der Waals surface area contributed by atoms with E-state index in [0.717, 1.165) is 5.92 Å². The summed E-state index contributed by atoms with van der Waals surface area (Å²) in [6.07, 6.45) is 9.46. The quantitative estimate of drug-likeness (QED) is 0.382. The summed E-state index contributed by atoms with van der Waals surface area (Å²) < 4.78 is 29.2. The summed E-state index contributed by atoms with van der Waals surface area (Å²) >= 11 is 0. The van der Waals surface area contributed by atoms with E-state index in [9.17, 15) is 13.6 Å². The highest BCUT2D eigenvalue weighted by molar-refractivity contribution is 5.89. The second-order valence-electron chi connectivity index (χ2n) is 7.16. The number of rotatable bonds is 9. The van der Waals surface area contributed by atoms with Gasteiger partial charge in [0.15, 0.2) is 6.67 Å². The number of ether oxygens (including phenoxy) is 1. The molecule has 0 saturated heterocycles. The number of carbonyl (C=O) groups is 1. The molecule has 140 valence electrons. The molecule has 0 radical (unpaired) electrons. The van der Waals surface area contributed by atoms with Crippen LogP contribution < -0.4 is 0 Å². The number of hydrogen-bond donors (Lipinski definition) is 0. The van der Waals surface area contributed by atoms with Crippen LogP contribution in [0, 0.1) is 5.92 Å². The van der Waals surface area contributed by atoms with Crippen molar-refractivity contribution in [1.82, 2.24) is 0 Å². The molecule has 2 nitrogen and oxygen atoms in total. The Morgan fingerprint density at radius 3 is 2.40 bits per heavy atom. The van der Waals surface area contributed by atoms with Gasteiger partial charge in [-0.05, 0) is 55.2 Å². The molecule has 0 bridgehead atoms. The van der Waals surface area contributed by atoms with Crippen molar-refractivity contribution in [2.45, 2.75) is 77.0 Å². The number of carbonyl (C=O) groups excluding carboxylic acids is 1. The average molecular weight is 352 g/mol. The van der Waals surface area contributed by atoms with Gasteiger partial charge in [0.1, 0.15) is 0 Å². The Morgan fingerprint density at radius 1 is 1.12 bits per heavy atom. The fourth-order valence-electron chi connectivity index (χ4n) is 3.75. The zero-order valence-electron chi connectivity index (χ0n) is 15.2. The minimum absolute atomic E-state index is 0.268. The van der Waals surface area contributed by atoms with Crippen LogP contribution in [0.4, 0.5) is 8.78 Å². The molecular formula is C21H30F2O2. The summed E-state index contributed by atoms with van der Waals surface area (Å²) in [7, 11) is 0. The van der Waals surface area contributed by atoms with Crippen molar-refractivity contribution in [3.8, 4) is 0 Å². The number of benzene rings is 1. The van der Waals surface area contributed by atoms with Gasteiger partial charge in [0.2, 0.25) is 0 Å². The first kappa shape index (κ1) is 19.9. The molecule has 2 rings (SSSR count). The Balaban J connectivity index is 1.78. The third kappa shape index (κ3) is 6.41. The predicted octanol–water partition coefficient (Wildman–Crippen LogP) is 6.35. The van der Waals surface area contributed by atoms with Gasteiger partial charge in [-0.15, -0.1) is 0 Å². The van der Waals surface area contributed by atoms with Crippen LogP contribution in [0.25, 0.3) is 0 Å². The van der Waals surface area contributed by atoms with Crippen molar-refractivity contribution in [3.05, 3.63) is 35.4 Å². The molecule has 0 spiro atoms. The zero-order chi connectivity index (χ0) is 18.1. The Labute approximate surface area is 150 Å². The van der Waals surface area contributed by atoms with E-state index in [1.807, 2.05) is 12.1 Å². The normalized spacial score (nSPS) is 21.7. The molecule has 0 N–H and O–H groups in total. The van der Waals surface area contributed by atoms with Crippen molar-refractivity contribution in [2.75, 3.05) is 6.67 Å². The van der Waals surface area contributed by atoms with Gasteiger partial charge in [-0.1, -0.05) is 51.2 Å². The SMILES string of the molecule is CCCCCC[C@H]1CC[C@H](c2ccc(C(=O)OC(F)CF)cc2)CC1. The van der Waals surface area contributed by atoms with Crippen LogP contribution in [0.1, 0.15) is 86.6 Å². The molecule has 1 aliphatic rings. The summed E-state index contributed by atoms with van der Waals surface area (Å²) in [6.45, 7) is 0.929. The molecule has 1 unspecified atom stereocenters. The minimum Gasteiger partial charge on any atom is -0.425 e. The third-order valence-corrected chi connectivity index (χ3v) is 5.29. The molecule has 1 aliphatic carbocycles. The van der Waals surface area contributed by atoms with Gasteiger partial charge in [-0.2, -0.15) is 4.39 Å². The van der Waals surface area contributed by atoms with E-state index in [2.05, 4.69) is 11.7 Å². The Kier molecular flexibility index (Phi) is 8.36. The minimum atomic E-state index is -2.18. The van der Waals surface area contributed by atoms with Crippen LogP contribution >= 0.6 is 0 Å². The van der Waals surface area contributed by atoms with E-state index in [1.165, 1.54) is 63.4 Å². The fourth-order valence-corrected chi connectivity index (χ4v) is 3.75. The van der Waals surface area contributed by atoms with Crippen LogP contribution in [0.5, 0.6) is 0 Å². The number of alkyl halides is 2. The number of unbranched alkanes of at least 4 members (excludes halogenated alkanes) is 3. The molecule has 1 aromatic carbocycles. The maximum absolute atomic E-state index is 12.8. The standard InChI is InChI=1S/C21H30F2O2/c1-2-3-4-5-6-16-7-9-17(10-8-16)18-11-13-19(14-12-18)21(24)25-20(23)15-22/h11-14,16-17,20H,2-10,15H2,1H3/t16-,17-,20?. The van der Waals surface area contributed by atoms with Crippen molar-refractivity contribution < 1.29 is 18.3 Å². The van der Waals surface area contributed by atoms with Crippen molar-refractivity contribution in [1.29, 1.82) is 0 Å². The number of halogens is 2. The number of hydrogen-bond acceptors (Lipinski definition) is 2. The molecular weight excluding hydrogens is 322 g/mol. The Hall–Kier alpha value is -1.45. The molecule has 1 saturated carbocycles. The highest BCUT2D eigenvalue weighted by Crippen LogP contribution is 2.37. The average Bonchev–Trinajstić information content (AvgIpc) is 2.65.